The van der Waals surface area contributed by atoms with Gasteiger partial charge in [-0.2, -0.15) is 0 Å². The normalized spacial score (nSPS) is 12.9. The van der Waals surface area contributed by atoms with Crippen molar-refractivity contribution < 1.29 is 5.11 Å². The van der Waals surface area contributed by atoms with Gasteiger partial charge in [0.05, 0.1) is 0 Å². The minimum atomic E-state index is -3.37. The first-order valence-corrected chi connectivity index (χ1v) is 14.3. The minimum absolute atomic E-state index is 0.300. The molecule has 152 valence electrons. The summed E-state index contributed by atoms with van der Waals surface area (Å²) in [6.45, 7) is 6.31. The fourth-order valence-electron chi connectivity index (χ4n) is 4.16. The number of hydrogen-bond acceptors (Lipinski definition) is 1. The van der Waals surface area contributed by atoms with Gasteiger partial charge in [0.1, 0.15) is 0 Å². The Labute approximate surface area is 187 Å². The van der Waals surface area contributed by atoms with Crippen LogP contribution in [-0.4, -0.2) is 5.11 Å². The third kappa shape index (κ3) is 3.11. The molecule has 0 aromatic heterocycles. The number of aryl methyl sites for hydroxylation is 3. The van der Waals surface area contributed by atoms with Crippen molar-refractivity contribution >= 4 is 42.0 Å². The van der Waals surface area contributed by atoms with E-state index >= 15 is 0 Å². The molecule has 0 amide bonds. The molecule has 0 aliphatic rings. The molecule has 0 fully saturated rings. The summed E-state index contributed by atoms with van der Waals surface area (Å²) in [5, 5.41) is 12.2. The summed E-state index contributed by atoms with van der Waals surface area (Å²) < 4.78 is 0. The van der Waals surface area contributed by atoms with Gasteiger partial charge in [-0.25, -0.2) is 0 Å². The summed E-state index contributed by atoms with van der Waals surface area (Å²) in [6, 6.07) is 33.9. The van der Waals surface area contributed by atoms with Crippen LogP contribution in [0.4, 0.5) is 0 Å². The van der Waals surface area contributed by atoms with Crippen molar-refractivity contribution in [2.45, 2.75) is 20.8 Å². The van der Waals surface area contributed by atoms with Crippen molar-refractivity contribution in [1.82, 2.24) is 0 Å². The molecule has 1 nitrogen and oxygen atoms in total. The van der Waals surface area contributed by atoms with E-state index in [4.69, 9.17) is 0 Å². The van der Waals surface area contributed by atoms with Crippen LogP contribution in [0.25, 0.3) is 0 Å². The monoisotopic (exact) mass is 476 g/mol. The van der Waals surface area contributed by atoms with Gasteiger partial charge in [-0.05, 0) is 0 Å². The molecule has 0 heterocycles. The van der Waals surface area contributed by atoms with Crippen LogP contribution in [0.1, 0.15) is 16.7 Å². The third-order valence-corrected chi connectivity index (χ3v) is 15.8. The Morgan fingerprint density at radius 3 is 1.20 bits per heavy atom. The Morgan fingerprint density at radius 1 is 0.533 bits per heavy atom. The second kappa shape index (κ2) is 7.69. The molecule has 0 aliphatic carbocycles. The first-order chi connectivity index (χ1) is 14.3. The molecule has 0 unspecified atom stereocenters. The van der Waals surface area contributed by atoms with E-state index in [0.717, 1.165) is 5.30 Å². The standard InChI is InChI=1S/C27H26BrOP/c1-20-8-14-23(15-9-20)30(28,24-16-10-21(2)11-17-24,25-18-12-22(3)13-19-25)27-7-5-4-6-26(27)29/h4-19,29H,1-3H3. The molecule has 0 aliphatic heterocycles. The fourth-order valence-corrected chi connectivity index (χ4v) is 11.9. The summed E-state index contributed by atoms with van der Waals surface area (Å²) in [6.07, 6.45) is 0. The van der Waals surface area contributed by atoms with E-state index in [9.17, 15) is 5.11 Å². The Hall–Kier alpha value is -2.41. The predicted molar refractivity (Wildman–Crippen MR) is 136 cm³/mol. The maximum absolute atomic E-state index is 11.2. The average molecular weight is 477 g/mol. The predicted octanol–water partition coefficient (Wildman–Crippen LogP) is 5.78. The molecule has 0 spiro atoms. The Morgan fingerprint density at radius 2 is 0.867 bits per heavy atom. The first kappa shape index (κ1) is 20.8. The number of phenols is 1. The van der Waals surface area contributed by atoms with Crippen molar-refractivity contribution in [3.05, 3.63) is 114 Å². The Balaban J connectivity index is 2.24. The van der Waals surface area contributed by atoms with Crippen molar-refractivity contribution in [2.75, 3.05) is 0 Å². The molecule has 4 rings (SSSR count). The second-order valence-electron chi connectivity index (χ2n) is 8.00. The number of para-hydroxylation sites is 1. The van der Waals surface area contributed by atoms with Crippen molar-refractivity contribution in [3.8, 4) is 5.75 Å². The van der Waals surface area contributed by atoms with E-state index in [1.54, 1.807) is 6.07 Å². The SMILES string of the molecule is Cc1ccc(P(Br)(c2ccc(C)cc2)(c2ccc(C)cc2)c2ccccc2O)cc1. The van der Waals surface area contributed by atoms with Crippen LogP contribution in [0.2, 0.25) is 0 Å². The van der Waals surface area contributed by atoms with Gasteiger partial charge >= 0.3 is 187 Å². The van der Waals surface area contributed by atoms with Crippen LogP contribution in [0.3, 0.4) is 0 Å². The van der Waals surface area contributed by atoms with Crippen molar-refractivity contribution in [2.24, 2.45) is 0 Å². The molecular weight excluding hydrogens is 451 g/mol. The van der Waals surface area contributed by atoms with Crippen LogP contribution < -0.4 is 21.2 Å². The third-order valence-electron chi connectivity index (χ3n) is 5.89. The van der Waals surface area contributed by atoms with Gasteiger partial charge in [0.25, 0.3) is 0 Å². The van der Waals surface area contributed by atoms with Crippen molar-refractivity contribution in [1.29, 1.82) is 0 Å². The van der Waals surface area contributed by atoms with E-state index in [1.807, 2.05) is 12.1 Å². The van der Waals surface area contributed by atoms with Gasteiger partial charge in [-0.15, -0.1) is 0 Å². The summed E-state index contributed by atoms with van der Waals surface area (Å²) in [5.41, 5.74) is 3.63. The molecule has 3 heteroatoms. The average Bonchev–Trinajstić information content (AvgIpc) is 2.75. The molecule has 0 saturated carbocycles. The molecule has 4 aromatic carbocycles. The van der Waals surface area contributed by atoms with Crippen LogP contribution in [0, 0.1) is 20.8 Å². The molecule has 1 N–H and O–H groups in total. The summed E-state index contributed by atoms with van der Waals surface area (Å²) in [4.78, 5) is 0. The maximum atomic E-state index is 11.2. The van der Waals surface area contributed by atoms with Gasteiger partial charge < -0.3 is 0 Å². The van der Waals surface area contributed by atoms with Crippen molar-refractivity contribution in [3.63, 3.8) is 0 Å². The zero-order chi connectivity index (χ0) is 21.4. The van der Waals surface area contributed by atoms with E-state index in [-0.39, 0.29) is 0 Å². The second-order valence-corrected chi connectivity index (χ2v) is 16.3. The molecule has 0 atom stereocenters. The van der Waals surface area contributed by atoms with E-state index < -0.39 is 5.31 Å². The molecule has 4 aromatic rings. The number of halogens is 1. The Kier molecular flexibility index (Phi) is 5.34. The van der Waals surface area contributed by atoms with Gasteiger partial charge in [0, 0.05) is 0 Å². The van der Waals surface area contributed by atoms with Crippen LogP contribution in [0.5, 0.6) is 5.75 Å². The number of benzene rings is 4. The number of hydrogen-bond donors (Lipinski definition) is 1. The number of aromatic hydroxyl groups is 1. The molecular formula is C27H26BrOP. The summed E-state index contributed by atoms with van der Waals surface area (Å²) in [5.74, 6) is 0.300. The summed E-state index contributed by atoms with van der Waals surface area (Å²) >= 11 is 4.42. The van der Waals surface area contributed by atoms with Gasteiger partial charge in [-0.1, -0.05) is 0 Å². The van der Waals surface area contributed by atoms with E-state index in [0.29, 0.717) is 5.75 Å². The molecule has 0 saturated heterocycles. The van der Waals surface area contributed by atoms with Crippen LogP contribution >= 0.6 is 20.8 Å². The topological polar surface area (TPSA) is 20.2 Å². The van der Waals surface area contributed by atoms with E-state index in [1.165, 1.54) is 32.6 Å². The summed E-state index contributed by atoms with van der Waals surface area (Å²) in [7, 11) is 0. The quantitative estimate of drug-likeness (QED) is 0.370. The zero-order valence-electron chi connectivity index (χ0n) is 17.5. The number of rotatable bonds is 4. The fraction of sp³-hybridized carbons (Fsp3) is 0.111. The zero-order valence-corrected chi connectivity index (χ0v) is 20.0. The van der Waals surface area contributed by atoms with E-state index in [2.05, 4.69) is 115 Å². The van der Waals surface area contributed by atoms with Gasteiger partial charge in [0.15, 0.2) is 0 Å². The van der Waals surface area contributed by atoms with Crippen LogP contribution in [0.15, 0.2) is 97.1 Å². The number of phenolic OH excluding ortho intramolecular Hbond substituents is 1. The molecule has 30 heavy (non-hydrogen) atoms. The van der Waals surface area contributed by atoms with Gasteiger partial charge in [0.2, 0.25) is 0 Å². The first-order valence-electron chi connectivity index (χ1n) is 10.1. The van der Waals surface area contributed by atoms with Crippen LogP contribution in [-0.2, 0) is 0 Å². The van der Waals surface area contributed by atoms with Gasteiger partial charge in [-0.3, -0.25) is 0 Å². The molecule has 0 bridgehead atoms. The molecule has 0 radical (unpaired) electrons. The Bertz CT molecular complexity index is 1070.